The van der Waals surface area contributed by atoms with Gasteiger partial charge in [-0.05, 0) is 26.3 Å². The van der Waals surface area contributed by atoms with Crippen LogP contribution in [0.4, 0.5) is 0 Å². The maximum absolute atomic E-state index is 5.67. The molecule has 1 aliphatic carbocycles. The summed E-state index contributed by atoms with van der Waals surface area (Å²) in [7, 11) is 2.20. The Hall–Kier alpha value is -0.810. The molecule has 2 aliphatic rings. The molecule has 1 saturated heterocycles. The first-order valence-corrected chi connectivity index (χ1v) is 7.24. The van der Waals surface area contributed by atoms with Gasteiger partial charge in [0.05, 0.1) is 6.04 Å². The summed E-state index contributed by atoms with van der Waals surface area (Å²) in [6.07, 6.45) is 6.24. The third kappa shape index (κ3) is 3.14. The number of rotatable bonds is 2. The number of nitrogens with two attached hydrogens (primary N) is 1. The maximum atomic E-state index is 5.67. The number of aliphatic imine (C=N–C) groups is 1. The van der Waals surface area contributed by atoms with Crippen molar-refractivity contribution in [2.24, 2.45) is 10.8 Å². The van der Waals surface area contributed by atoms with Crippen LogP contribution in [0.15, 0.2) is 4.99 Å². The van der Waals surface area contributed by atoms with Crippen molar-refractivity contribution in [1.82, 2.24) is 15.2 Å². The standard InChI is InChI=1S/C13H27N5/c1-3-12-10-18(9-8-17(12)2)13(16-14)15-11-6-4-5-7-11/h11-12H,3-10,14H2,1-2H3,(H,15,16). The van der Waals surface area contributed by atoms with E-state index in [1.54, 1.807) is 0 Å². The Morgan fingerprint density at radius 2 is 2.06 bits per heavy atom. The molecule has 0 radical (unpaired) electrons. The SMILES string of the molecule is CCC1CN(C(=NC2CCCC2)NN)CCN1C. The van der Waals surface area contributed by atoms with Crippen LogP contribution >= 0.6 is 0 Å². The van der Waals surface area contributed by atoms with E-state index in [-0.39, 0.29) is 0 Å². The molecular formula is C13H27N5. The van der Waals surface area contributed by atoms with Crippen LogP contribution in [-0.2, 0) is 0 Å². The van der Waals surface area contributed by atoms with Crippen molar-refractivity contribution in [3.63, 3.8) is 0 Å². The molecule has 18 heavy (non-hydrogen) atoms. The van der Waals surface area contributed by atoms with E-state index in [2.05, 4.69) is 29.2 Å². The van der Waals surface area contributed by atoms with Crippen molar-refractivity contribution in [3.05, 3.63) is 0 Å². The van der Waals surface area contributed by atoms with E-state index in [0.29, 0.717) is 12.1 Å². The van der Waals surface area contributed by atoms with Crippen molar-refractivity contribution in [2.75, 3.05) is 26.7 Å². The molecule has 0 amide bonds. The van der Waals surface area contributed by atoms with Crippen molar-refractivity contribution in [1.29, 1.82) is 0 Å². The third-order valence-corrected chi connectivity index (χ3v) is 4.31. The largest absolute Gasteiger partial charge is 0.339 e. The van der Waals surface area contributed by atoms with Crippen molar-refractivity contribution >= 4 is 5.96 Å². The lowest BCUT2D eigenvalue weighted by Crippen LogP contribution is -2.57. The number of hydrogen-bond donors (Lipinski definition) is 2. The normalized spacial score (nSPS) is 27.8. The van der Waals surface area contributed by atoms with Crippen molar-refractivity contribution in [3.8, 4) is 0 Å². The number of nitrogens with zero attached hydrogens (tertiary/aromatic N) is 3. The molecule has 1 unspecified atom stereocenters. The van der Waals surface area contributed by atoms with Crippen LogP contribution in [0.1, 0.15) is 39.0 Å². The highest BCUT2D eigenvalue weighted by atomic mass is 15.4. The Bertz CT molecular complexity index is 285. The van der Waals surface area contributed by atoms with E-state index in [0.717, 1.165) is 25.6 Å². The van der Waals surface area contributed by atoms with Gasteiger partial charge in [-0.1, -0.05) is 19.8 Å². The van der Waals surface area contributed by atoms with Gasteiger partial charge in [-0.15, -0.1) is 0 Å². The van der Waals surface area contributed by atoms with E-state index < -0.39 is 0 Å². The van der Waals surface area contributed by atoms with Gasteiger partial charge in [-0.2, -0.15) is 0 Å². The molecular weight excluding hydrogens is 226 g/mol. The van der Waals surface area contributed by atoms with Crippen LogP contribution in [0.3, 0.4) is 0 Å². The fourth-order valence-electron chi connectivity index (χ4n) is 3.00. The summed E-state index contributed by atoms with van der Waals surface area (Å²) in [5.74, 6) is 6.56. The lowest BCUT2D eigenvalue weighted by Gasteiger charge is -2.40. The Morgan fingerprint density at radius 1 is 1.33 bits per heavy atom. The second-order valence-electron chi connectivity index (χ2n) is 5.52. The minimum atomic E-state index is 0.482. The molecule has 3 N–H and O–H groups in total. The first kappa shape index (κ1) is 13.6. The summed E-state index contributed by atoms with van der Waals surface area (Å²) < 4.78 is 0. The third-order valence-electron chi connectivity index (χ3n) is 4.31. The lowest BCUT2D eigenvalue weighted by molar-refractivity contribution is 0.135. The van der Waals surface area contributed by atoms with Gasteiger partial charge in [-0.3, -0.25) is 10.3 Å². The summed E-state index contributed by atoms with van der Waals surface area (Å²) in [4.78, 5) is 9.54. The van der Waals surface area contributed by atoms with Crippen LogP contribution in [0.5, 0.6) is 0 Å². The predicted octanol–water partition coefficient (Wildman–Crippen LogP) is 0.774. The molecule has 104 valence electrons. The summed E-state index contributed by atoms with van der Waals surface area (Å²) in [6.45, 7) is 5.38. The fraction of sp³-hybridized carbons (Fsp3) is 0.923. The van der Waals surface area contributed by atoms with Gasteiger partial charge >= 0.3 is 0 Å². The first-order chi connectivity index (χ1) is 8.74. The monoisotopic (exact) mass is 253 g/mol. The molecule has 5 nitrogen and oxygen atoms in total. The Kier molecular flexibility index (Phi) is 4.83. The molecule has 0 aromatic carbocycles. The van der Waals surface area contributed by atoms with Gasteiger partial charge < -0.3 is 4.90 Å². The average molecular weight is 253 g/mol. The molecule has 2 rings (SSSR count). The number of likely N-dealkylation sites (N-methyl/N-ethyl adjacent to an activating group) is 1. The Morgan fingerprint density at radius 3 is 2.67 bits per heavy atom. The van der Waals surface area contributed by atoms with Gasteiger partial charge in [-0.25, -0.2) is 10.8 Å². The van der Waals surface area contributed by atoms with Crippen LogP contribution < -0.4 is 11.3 Å². The molecule has 0 bridgehead atoms. The zero-order valence-corrected chi connectivity index (χ0v) is 11.7. The van der Waals surface area contributed by atoms with Gasteiger partial charge in [0.25, 0.3) is 0 Å². The van der Waals surface area contributed by atoms with Crippen molar-refractivity contribution < 1.29 is 0 Å². The van der Waals surface area contributed by atoms with Crippen LogP contribution in [0.2, 0.25) is 0 Å². The summed E-state index contributed by atoms with van der Waals surface area (Å²) in [6, 6.07) is 1.09. The van der Waals surface area contributed by atoms with E-state index in [1.165, 1.54) is 32.1 Å². The molecule has 0 aromatic rings. The van der Waals surface area contributed by atoms with Gasteiger partial charge in [0.1, 0.15) is 0 Å². The summed E-state index contributed by atoms with van der Waals surface area (Å²) in [5.41, 5.74) is 2.82. The fourth-order valence-corrected chi connectivity index (χ4v) is 3.00. The number of guanidine groups is 1. The highest BCUT2D eigenvalue weighted by Crippen LogP contribution is 2.21. The van der Waals surface area contributed by atoms with E-state index in [9.17, 15) is 0 Å². The maximum Gasteiger partial charge on any atom is 0.208 e. The number of piperazine rings is 1. The second kappa shape index (κ2) is 6.38. The van der Waals surface area contributed by atoms with Crippen LogP contribution in [0, 0.1) is 0 Å². The van der Waals surface area contributed by atoms with Crippen LogP contribution in [-0.4, -0.2) is 54.5 Å². The number of nitrogens with one attached hydrogen (secondary N) is 1. The highest BCUT2D eigenvalue weighted by molar-refractivity contribution is 5.79. The van der Waals surface area contributed by atoms with Gasteiger partial charge in [0.15, 0.2) is 0 Å². The molecule has 1 aliphatic heterocycles. The molecule has 2 fully saturated rings. The van der Waals surface area contributed by atoms with E-state index >= 15 is 0 Å². The van der Waals surface area contributed by atoms with E-state index in [4.69, 9.17) is 10.8 Å². The molecule has 5 heteroatoms. The molecule has 0 spiro atoms. The average Bonchev–Trinajstić information content (AvgIpc) is 2.89. The smallest absolute Gasteiger partial charge is 0.208 e. The molecule has 0 aromatic heterocycles. The zero-order chi connectivity index (χ0) is 13.0. The minimum absolute atomic E-state index is 0.482. The molecule has 1 saturated carbocycles. The highest BCUT2D eigenvalue weighted by Gasteiger charge is 2.25. The number of hydrazine groups is 1. The summed E-state index contributed by atoms with van der Waals surface area (Å²) >= 11 is 0. The van der Waals surface area contributed by atoms with Gasteiger partial charge in [0.2, 0.25) is 5.96 Å². The predicted molar refractivity (Wildman–Crippen MR) is 75.3 cm³/mol. The topological polar surface area (TPSA) is 56.9 Å². The van der Waals surface area contributed by atoms with E-state index in [1.807, 2.05) is 0 Å². The van der Waals surface area contributed by atoms with Gasteiger partial charge in [0, 0.05) is 25.7 Å². The van der Waals surface area contributed by atoms with Crippen molar-refractivity contribution in [2.45, 2.75) is 51.1 Å². The number of hydrogen-bond acceptors (Lipinski definition) is 3. The molecule has 1 atom stereocenters. The Balaban J connectivity index is 1.99. The lowest BCUT2D eigenvalue weighted by atomic mass is 10.1. The molecule has 1 heterocycles. The second-order valence-corrected chi connectivity index (χ2v) is 5.52. The van der Waals surface area contributed by atoms with Crippen LogP contribution in [0.25, 0.3) is 0 Å². The first-order valence-electron chi connectivity index (χ1n) is 7.24. The quantitative estimate of drug-likeness (QED) is 0.330. The summed E-state index contributed by atoms with van der Waals surface area (Å²) in [5, 5.41) is 0. The Labute approximate surface area is 110 Å². The minimum Gasteiger partial charge on any atom is -0.339 e. The zero-order valence-electron chi connectivity index (χ0n) is 11.7.